The molecule has 1 aliphatic carbocycles. The first-order valence-corrected chi connectivity index (χ1v) is 6.85. The van der Waals surface area contributed by atoms with Gasteiger partial charge in [0.15, 0.2) is 0 Å². The zero-order valence-electron chi connectivity index (χ0n) is 11.7. The van der Waals surface area contributed by atoms with Crippen LogP contribution in [0.4, 0.5) is 4.79 Å². The van der Waals surface area contributed by atoms with E-state index in [1.165, 1.54) is 0 Å². The van der Waals surface area contributed by atoms with Gasteiger partial charge in [-0.3, -0.25) is 4.79 Å². The number of amides is 1. The highest BCUT2D eigenvalue weighted by Crippen LogP contribution is 2.24. The molecule has 0 radical (unpaired) electrons. The second kappa shape index (κ2) is 8.52. The van der Waals surface area contributed by atoms with E-state index in [2.05, 4.69) is 5.32 Å². The predicted molar refractivity (Wildman–Crippen MR) is 80.4 cm³/mol. The third kappa shape index (κ3) is 5.63. The number of nitrogens with one attached hydrogen (secondary N) is 1. The van der Waals surface area contributed by atoms with E-state index >= 15 is 0 Å². The first-order chi connectivity index (χ1) is 9.65. The number of carbonyl (C=O) groups is 2. The molecule has 0 atom stereocenters. The van der Waals surface area contributed by atoms with Crippen molar-refractivity contribution in [2.75, 3.05) is 0 Å². The molecule has 5 nitrogen and oxygen atoms in total. The van der Waals surface area contributed by atoms with Gasteiger partial charge in [-0.25, -0.2) is 4.79 Å². The molecule has 1 aliphatic rings. The summed E-state index contributed by atoms with van der Waals surface area (Å²) < 4.78 is 5.14. The summed E-state index contributed by atoms with van der Waals surface area (Å²) in [7, 11) is 0. The second-order valence-electron chi connectivity index (χ2n) is 5.09. The molecule has 0 aliphatic heterocycles. The van der Waals surface area contributed by atoms with Crippen molar-refractivity contribution in [3.63, 3.8) is 0 Å². The fourth-order valence-electron chi connectivity index (χ4n) is 2.42. The molecular formula is C15H20ClNO4. The molecule has 1 saturated carbocycles. The summed E-state index contributed by atoms with van der Waals surface area (Å²) in [5.74, 6) is -1.01. The molecule has 2 rings (SSSR count). The first-order valence-electron chi connectivity index (χ1n) is 6.85. The normalized spacial score (nSPS) is 21.0. The van der Waals surface area contributed by atoms with Crippen molar-refractivity contribution in [1.82, 2.24) is 5.32 Å². The van der Waals surface area contributed by atoms with E-state index in [9.17, 15) is 9.59 Å². The van der Waals surface area contributed by atoms with Crippen molar-refractivity contribution in [2.45, 2.75) is 38.3 Å². The average molecular weight is 314 g/mol. The molecule has 0 bridgehead atoms. The molecule has 6 heteroatoms. The van der Waals surface area contributed by atoms with Gasteiger partial charge >= 0.3 is 12.1 Å². The van der Waals surface area contributed by atoms with Crippen LogP contribution in [0, 0.1) is 5.92 Å². The second-order valence-corrected chi connectivity index (χ2v) is 5.09. The SMILES string of the molecule is Cl.O=C(NC1CCC(C(=O)O)CC1)OCc1ccccc1. The molecule has 21 heavy (non-hydrogen) atoms. The maximum atomic E-state index is 11.7. The Bertz CT molecular complexity index is 458. The van der Waals surface area contributed by atoms with Crippen LogP contribution < -0.4 is 5.32 Å². The summed E-state index contributed by atoms with van der Waals surface area (Å²) >= 11 is 0. The summed E-state index contributed by atoms with van der Waals surface area (Å²) in [5.41, 5.74) is 0.942. The lowest BCUT2D eigenvalue weighted by molar-refractivity contribution is -0.142. The molecule has 1 fully saturated rings. The maximum Gasteiger partial charge on any atom is 0.407 e. The number of hydrogen-bond acceptors (Lipinski definition) is 3. The van der Waals surface area contributed by atoms with Gasteiger partial charge < -0.3 is 15.2 Å². The molecule has 1 aromatic carbocycles. The van der Waals surface area contributed by atoms with Crippen LogP contribution in [0.2, 0.25) is 0 Å². The molecule has 2 N–H and O–H groups in total. The minimum atomic E-state index is -0.741. The Labute approximate surface area is 130 Å². The van der Waals surface area contributed by atoms with Crippen molar-refractivity contribution in [1.29, 1.82) is 0 Å². The number of hydrogen-bond donors (Lipinski definition) is 2. The minimum absolute atomic E-state index is 0. The third-order valence-corrected chi connectivity index (χ3v) is 3.61. The minimum Gasteiger partial charge on any atom is -0.481 e. The molecule has 0 spiro atoms. The highest BCUT2D eigenvalue weighted by molar-refractivity contribution is 5.85. The standard InChI is InChI=1S/C15H19NO4.ClH/c17-14(18)12-6-8-13(9-7-12)16-15(19)20-10-11-4-2-1-3-5-11;/h1-5,12-13H,6-10H2,(H,16,19)(H,17,18);1H. The Hall–Kier alpha value is -1.75. The number of benzene rings is 1. The van der Waals surface area contributed by atoms with Crippen molar-refractivity contribution < 1.29 is 19.4 Å². The maximum absolute atomic E-state index is 11.7. The molecule has 1 aromatic rings. The monoisotopic (exact) mass is 313 g/mol. The molecule has 0 heterocycles. The van der Waals surface area contributed by atoms with E-state index in [1.54, 1.807) is 0 Å². The van der Waals surface area contributed by atoms with Crippen molar-refractivity contribution in [3.05, 3.63) is 35.9 Å². The molecule has 116 valence electrons. The van der Waals surface area contributed by atoms with Gasteiger partial charge in [0.05, 0.1) is 5.92 Å². The number of aliphatic carboxylic acids is 1. The van der Waals surface area contributed by atoms with Gasteiger partial charge in [0.2, 0.25) is 0 Å². The number of carboxylic acid groups (broad SMARTS) is 1. The molecule has 0 aromatic heterocycles. The van der Waals surface area contributed by atoms with Crippen LogP contribution in [0.25, 0.3) is 0 Å². The van der Waals surface area contributed by atoms with Crippen LogP contribution in [0.15, 0.2) is 30.3 Å². The summed E-state index contributed by atoms with van der Waals surface area (Å²) in [6.07, 6.45) is 2.17. The number of alkyl carbamates (subject to hydrolysis) is 1. The quantitative estimate of drug-likeness (QED) is 0.896. The topological polar surface area (TPSA) is 75.6 Å². The first kappa shape index (κ1) is 17.3. The number of halogens is 1. The number of carbonyl (C=O) groups excluding carboxylic acids is 1. The molecule has 0 saturated heterocycles. The van der Waals surface area contributed by atoms with Crippen LogP contribution in [-0.4, -0.2) is 23.2 Å². The van der Waals surface area contributed by atoms with Crippen molar-refractivity contribution in [2.24, 2.45) is 5.92 Å². The largest absolute Gasteiger partial charge is 0.481 e. The van der Waals surface area contributed by atoms with Crippen LogP contribution >= 0.6 is 12.4 Å². The van der Waals surface area contributed by atoms with E-state index in [-0.39, 0.29) is 31.0 Å². The van der Waals surface area contributed by atoms with E-state index in [4.69, 9.17) is 9.84 Å². The Balaban J connectivity index is 0.00000220. The van der Waals surface area contributed by atoms with Gasteiger partial charge in [0, 0.05) is 6.04 Å². The summed E-state index contributed by atoms with van der Waals surface area (Å²) in [4.78, 5) is 22.5. The number of ether oxygens (including phenoxy) is 1. The van der Waals surface area contributed by atoms with E-state index in [0.29, 0.717) is 25.7 Å². The third-order valence-electron chi connectivity index (χ3n) is 3.61. The lowest BCUT2D eigenvalue weighted by atomic mass is 9.86. The van der Waals surface area contributed by atoms with Gasteiger partial charge in [-0.2, -0.15) is 0 Å². The van der Waals surface area contributed by atoms with E-state index in [0.717, 1.165) is 5.56 Å². The van der Waals surface area contributed by atoms with E-state index < -0.39 is 12.1 Å². The van der Waals surface area contributed by atoms with Gasteiger partial charge in [0.25, 0.3) is 0 Å². The van der Waals surface area contributed by atoms with Crippen molar-refractivity contribution in [3.8, 4) is 0 Å². The Morgan fingerprint density at radius 1 is 1.14 bits per heavy atom. The number of rotatable bonds is 4. The van der Waals surface area contributed by atoms with E-state index in [1.807, 2.05) is 30.3 Å². The molecule has 1 amide bonds. The fraction of sp³-hybridized carbons (Fsp3) is 0.467. The van der Waals surface area contributed by atoms with Crippen LogP contribution in [0.5, 0.6) is 0 Å². The summed E-state index contributed by atoms with van der Waals surface area (Å²) in [5, 5.41) is 11.7. The van der Waals surface area contributed by atoms with Crippen molar-refractivity contribution >= 4 is 24.5 Å². The average Bonchev–Trinajstić information content (AvgIpc) is 2.47. The Kier molecular flexibility index (Phi) is 7.02. The van der Waals surface area contributed by atoms with Gasteiger partial charge in [-0.05, 0) is 31.2 Å². The number of carboxylic acids is 1. The van der Waals surface area contributed by atoms with Gasteiger partial charge in [-0.1, -0.05) is 30.3 Å². The summed E-state index contributed by atoms with van der Waals surface area (Å²) in [6.45, 7) is 0.247. The fourth-order valence-corrected chi connectivity index (χ4v) is 2.42. The smallest absolute Gasteiger partial charge is 0.407 e. The Morgan fingerprint density at radius 2 is 1.76 bits per heavy atom. The predicted octanol–water partition coefficient (Wildman–Crippen LogP) is 2.98. The summed E-state index contributed by atoms with van der Waals surface area (Å²) in [6, 6.07) is 9.50. The highest BCUT2D eigenvalue weighted by Gasteiger charge is 2.26. The van der Waals surface area contributed by atoms with Gasteiger partial charge in [-0.15, -0.1) is 12.4 Å². The van der Waals surface area contributed by atoms with Crippen LogP contribution in [-0.2, 0) is 16.1 Å². The molecular weight excluding hydrogens is 294 g/mol. The zero-order chi connectivity index (χ0) is 14.4. The highest BCUT2D eigenvalue weighted by atomic mass is 35.5. The zero-order valence-corrected chi connectivity index (χ0v) is 12.5. The lowest BCUT2D eigenvalue weighted by Crippen LogP contribution is -2.38. The van der Waals surface area contributed by atoms with Crippen LogP contribution in [0.3, 0.4) is 0 Å². The Morgan fingerprint density at radius 3 is 2.33 bits per heavy atom. The van der Waals surface area contributed by atoms with Gasteiger partial charge in [0.1, 0.15) is 6.61 Å². The molecule has 0 unspecified atom stereocenters. The van der Waals surface area contributed by atoms with Crippen LogP contribution in [0.1, 0.15) is 31.2 Å². The lowest BCUT2D eigenvalue weighted by Gasteiger charge is -2.26.